The highest BCUT2D eigenvalue weighted by Gasteiger charge is 2.09. The van der Waals surface area contributed by atoms with Crippen LogP contribution in [0.25, 0.3) is 11.0 Å². The minimum Gasteiger partial charge on any atom is -0.348 e. The number of ketones is 1. The Hall–Kier alpha value is -2.60. The van der Waals surface area contributed by atoms with Crippen LogP contribution in [0.1, 0.15) is 10.4 Å². The molecule has 0 unspecified atom stereocenters. The first kappa shape index (κ1) is 15.3. The molecule has 1 aromatic heterocycles. The minimum atomic E-state index is -0.195. The predicted octanol–water partition coefficient (Wildman–Crippen LogP) is 2.65. The number of benzene rings is 2. The number of carbonyl (C=O) groups is 2. The maximum absolute atomic E-state index is 11.9. The molecule has 0 radical (unpaired) electrons. The van der Waals surface area contributed by atoms with Crippen molar-refractivity contribution in [2.75, 3.05) is 12.3 Å². The van der Waals surface area contributed by atoms with Crippen LogP contribution in [-0.2, 0) is 4.79 Å². The van der Waals surface area contributed by atoms with E-state index in [0.29, 0.717) is 10.7 Å². The zero-order chi connectivity index (χ0) is 16.1. The van der Waals surface area contributed by atoms with Crippen molar-refractivity contribution < 1.29 is 9.59 Å². The fraction of sp³-hybridized carbons (Fsp3) is 0.118. The summed E-state index contributed by atoms with van der Waals surface area (Å²) in [5.74, 6) is -0.0885. The number of nitrogens with one attached hydrogen (secondary N) is 2. The molecule has 6 heteroatoms. The van der Waals surface area contributed by atoms with Crippen molar-refractivity contribution >= 4 is 34.5 Å². The topological polar surface area (TPSA) is 74.8 Å². The van der Waals surface area contributed by atoms with E-state index in [1.165, 1.54) is 11.8 Å². The van der Waals surface area contributed by atoms with Gasteiger partial charge in [-0.05, 0) is 12.1 Å². The Balaban J connectivity index is 1.49. The van der Waals surface area contributed by atoms with E-state index in [2.05, 4.69) is 15.3 Å². The van der Waals surface area contributed by atoms with Crippen LogP contribution in [-0.4, -0.2) is 34.0 Å². The standard InChI is InChI=1S/C17H15N3O2S/c21-15(12-6-2-1-3-7-12)10-18-16(22)11-23-17-19-13-8-4-5-9-14(13)20-17/h1-9H,10-11H2,(H,18,22)(H,19,20). The highest BCUT2D eigenvalue weighted by molar-refractivity contribution is 7.99. The van der Waals surface area contributed by atoms with Gasteiger partial charge in [-0.25, -0.2) is 4.98 Å². The number of para-hydroxylation sites is 2. The van der Waals surface area contributed by atoms with Gasteiger partial charge in [0.05, 0.1) is 23.3 Å². The van der Waals surface area contributed by atoms with Crippen molar-refractivity contribution in [2.45, 2.75) is 5.16 Å². The van der Waals surface area contributed by atoms with Gasteiger partial charge in [-0.15, -0.1) is 0 Å². The highest BCUT2D eigenvalue weighted by Crippen LogP contribution is 2.18. The van der Waals surface area contributed by atoms with Gasteiger partial charge in [0.1, 0.15) is 0 Å². The van der Waals surface area contributed by atoms with E-state index in [1.54, 1.807) is 24.3 Å². The molecule has 2 N–H and O–H groups in total. The molecule has 1 amide bonds. The first-order valence-electron chi connectivity index (χ1n) is 7.15. The number of nitrogens with zero attached hydrogens (tertiary/aromatic N) is 1. The van der Waals surface area contributed by atoms with Crippen molar-refractivity contribution in [3.8, 4) is 0 Å². The van der Waals surface area contributed by atoms with Gasteiger partial charge < -0.3 is 10.3 Å². The van der Waals surface area contributed by atoms with E-state index < -0.39 is 0 Å². The van der Waals surface area contributed by atoms with Crippen LogP contribution in [0.2, 0.25) is 0 Å². The van der Waals surface area contributed by atoms with Gasteiger partial charge in [-0.2, -0.15) is 0 Å². The van der Waals surface area contributed by atoms with Crippen LogP contribution in [0.3, 0.4) is 0 Å². The lowest BCUT2D eigenvalue weighted by Gasteiger charge is -2.03. The van der Waals surface area contributed by atoms with Crippen LogP contribution in [0, 0.1) is 0 Å². The number of Topliss-reactive ketones (excluding diaryl/α,β-unsaturated/α-hetero) is 1. The van der Waals surface area contributed by atoms with Gasteiger partial charge in [-0.3, -0.25) is 9.59 Å². The zero-order valence-corrected chi connectivity index (χ0v) is 13.1. The van der Waals surface area contributed by atoms with Crippen LogP contribution in [0.4, 0.5) is 0 Å². The zero-order valence-electron chi connectivity index (χ0n) is 12.3. The van der Waals surface area contributed by atoms with Crippen LogP contribution >= 0.6 is 11.8 Å². The summed E-state index contributed by atoms with van der Waals surface area (Å²) in [6.45, 7) is 0.00351. The van der Waals surface area contributed by atoms with E-state index in [9.17, 15) is 9.59 Å². The van der Waals surface area contributed by atoms with Gasteiger partial charge in [0.2, 0.25) is 5.91 Å². The number of carbonyl (C=O) groups excluding carboxylic acids is 2. The first-order chi connectivity index (χ1) is 11.2. The van der Waals surface area contributed by atoms with E-state index in [4.69, 9.17) is 0 Å². The molecule has 0 saturated heterocycles. The second kappa shape index (κ2) is 7.11. The molecular formula is C17H15N3O2S. The quantitative estimate of drug-likeness (QED) is 0.540. The molecule has 0 fully saturated rings. The Kier molecular flexibility index (Phi) is 4.73. The van der Waals surface area contributed by atoms with Gasteiger partial charge >= 0.3 is 0 Å². The Bertz CT molecular complexity index is 797. The summed E-state index contributed by atoms with van der Waals surface area (Å²) in [6.07, 6.45) is 0. The molecule has 2 aromatic carbocycles. The molecule has 0 aliphatic carbocycles. The molecule has 116 valence electrons. The number of hydrogen-bond donors (Lipinski definition) is 2. The average molecular weight is 325 g/mol. The van der Waals surface area contributed by atoms with Crippen molar-refractivity contribution in [1.82, 2.24) is 15.3 Å². The Morgan fingerprint density at radius 3 is 2.57 bits per heavy atom. The fourth-order valence-corrected chi connectivity index (χ4v) is 2.80. The van der Waals surface area contributed by atoms with E-state index in [-0.39, 0.29) is 24.0 Å². The molecule has 0 bridgehead atoms. The van der Waals surface area contributed by atoms with Gasteiger partial charge in [0, 0.05) is 5.56 Å². The third-order valence-electron chi connectivity index (χ3n) is 3.25. The number of thioether (sulfide) groups is 1. The molecule has 1 heterocycles. The number of aromatic nitrogens is 2. The average Bonchev–Trinajstić information content (AvgIpc) is 3.01. The van der Waals surface area contributed by atoms with Crippen molar-refractivity contribution in [1.29, 1.82) is 0 Å². The van der Waals surface area contributed by atoms with Crippen molar-refractivity contribution in [2.24, 2.45) is 0 Å². The van der Waals surface area contributed by atoms with E-state index >= 15 is 0 Å². The smallest absolute Gasteiger partial charge is 0.230 e. The summed E-state index contributed by atoms with van der Waals surface area (Å²) in [4.78, 5) is 31.3. The maximum Gasteiger partial charge on any atom is 0.230 e. The summed E-state index contributed by atoms with van der Waals surface area (Å²) in [5.41, 5.74) is 2.40. The summed E-state index contributed by atoms with van der Waals surface area (Å²) in [5, 5.41) is 3.32. The summed E-state index contributed by atoms with van der Waals surface area (Å²) < 4.78 is 0. The molecule has 23 heavy (non-hydrogen) atoms. The third-order valence-corrected chi connectivity index (χ3v) is 4.12. The highest BCUT2D eigenvalue weighted by atomic mass is 32.2. The lowest BCUT2D eigenvalue weighted by Crippen LogP contribution is -2.30. The third kappa shape index (κ3) is 3.98. The number of rotatable bonds is 6. The molecule has 3 aromatic rings. The Labute approximate surface area is 137 Å². The fourth-order valence-electron chi connectivity index (χ4n) is 2.09. The number of imidazole rings is 1. The van der Waals surface area contributed by atoms with E-state index in [0.717, 1.165) is 11.0 Å². The minimum absolute atomic E-state index is 0.00351. The second-order valence-corrected chi connectivity index (χ2v) is 5.88. The normalized spacial score (nSPS) is 10.6. The van der Waals surface area contributed by atoms with Crippen molar-refractivity contribution in [3.63, 3.8) is 0 Å². The molecule has 0 aliphatic rings. The number of fused-ring (bicyclic) bond motifs is 1. The summed E-state index contributed by atoms with van der Waals surface area (Å²) in [6, 6.07) is 16.6. The van der Waals surface area contributed by atoms with Crippen LogP contribution in [0.5, 0.6) is 0 Å². The first-order valence-corrected chi connectivity index (χ1v) is 8.13. The Morgan fingerprint density at radius 1 is 1.04 bits per heavy atom. The molecule has 3 rings (SSSR count). The monoisotopic (exact) mass is 325 g/mol. The molecular weight excluding hydrogens is 310 g/mol. The molecule has 5 nitrogen and oxygen atoms in total. The number of aromatic amines is 1. The molecule has 0 aliphatic heterocycles. The van der Waals surface area contributed by atoms with Gasteiger partial charge in [0.25, 0.3) is 0 Å². The predicted molar refractivity (Wildman–Crippen MR) is 90.6 cm³/mol. The maximum atomic E-state index is 11.9. The number of amides is 1. The largest absolute Gasteiger partial charge is 0.348 e. The summed E-state index contributed by atoms with van der Waals surface area (Å²) in [7, 11) is 0. The summed E-state index contributed by atoms with van der Waals surface area (Å²) >= 11 is 1.31. The second-order valence-electron chi connectivity index (χ2n) is 4.91. The van der Waals surface area contributed by atoms with Crippen molar-refractivity contribution in [3.05, 3.63) is 60.2 Å². The number of H-pyrrole nitrogens is 1. The van der Waals surface area contributed by atoms with Crippen LogP contribution < -0.4 is 5.32 Å². The molecule has 0 saturated carbocycles. The lowest BCUT2D eigenvalue weighted by atomic mass is 10.1. The number of hydrogen-bond acceptors (Lipinski definition) is 4. The molecule has 0 atom stereocenters. The van der Waals surface area contributed by atoms with Gasteiger partial charge in [-0.1, -0.05) is 54.2 Å². The SMILES string of the molecule is O=C(CSc1nc2ccccc2[nH]1)NCC(=O)c1ccccc1. The molecule has 0 spiro atoms. The lowest BCUT2D eigenvalue weighted by molar-refractivity contribution is -0.118. The van der Waals surface area contributed by atoms with Crippen LogP contribution in [0.15, 0.2) is 59.8 Å². The van der Waals surface area contributed by atoms with E-state index in [1.807, 2.05) is 30.3 Å². The Morgan fingerprint density at radius 2 is 1.78 bits per heavy atom. The van der Waals surface area contributed by atoms with Gasteiger partial charge in [0.15, 0.2) is 10.9 Å².